The number of benzene rings is 2. The number of nitrogens with zero attached hydrogens (tertiary/aromatic N) is 1. The SMILES string of the molecule is CCCCOC(=O)NC(=N)c1ccc(NCC#Cc2ccc(C(=O)N3CCC(C)C3CCC(=O)OCC)cc2)cc1. The Bertz CT molecular complexity index is 1250. The van der Waals surface area contributed by atoms with Gasteiger partial charge in [0.15, 0.2) is 0 Å². The molecule has 2 aromatic carbocycles. The summed E-state index contributed by atoms with van der Waals surface area (Å²) in [6, 6.07) is 14.4. The molecule has 1 saturated heterocycles. The Balaban J connectivity index is 1.47. The molecule has 9 heteroatoms. The second kappa shape index (κ2) is 16.1. The highest BCUT2D eigenvalue weighted by Crippen LogP contribution is 2.29. The maximum Gasteiger partial charge on any atom is 0.412 e. The zero-order valence-corrected chi connectivity index (χ0v) is 24.1. The fraction of sp³-hybridized carbons (Fsp3) is 0.438. The number of carbonyl (C=O) groups is 3. The lowest BCUT2D eigenvalue weighted by atomic mass is 9.98. The van der Waals surface area contributed by atoms with Gasteiger partial charge in [0.25, 0.3) is 5.91 Å². The Morgan fingerprint density at radius 3 is 2.41 bits per heavy atom. The Kier molecular flexibility index (Phi) is 12.2. The van der Waals surface area contributed by atoms with Crippen LogP contribution in [0.5, 0.6) is 0 Å². The van der Waals surface area contributed by atoms with Crippen LogP contribution in [0.2, 0.25) is 0 Å². The number of anilines is 1. The molecule has 0 bridgehead atoms. The summed E-state index contributed by atoms with van der Waals surface area (Å²) < 4.78 is 10.1. The number of ether oxygens (including phenoxy) is 2. The summed E-state index contributed by atoms with van der Waals surface area (Å²) in [6.07, 6.45) is 2.94. The van der Waals surface area contributed by atoms with Crippen LogP contribution in [0, 0.1) is 23.2 Å². The molecule has 0 saturated carbocycles. The van der Waals surface area contributed by atoms with E-state index >= 15 is 0 Å². The number of unbranched alkanes of at least 4 members (excludes halogenated alkanes) is 1. The van der Waals surface area contributed by atoms with E-state index in [4.69, 9.17) is 14.9 Å². The zero-order valence-electron chi connectivity index (χ0n) is 24.1. The molecule has 218 valence electrons. The molecule has 2 unspecified atom stereocenters. The zero-order chi connectivity index (χ0) is 29.6. The van der Waals surface area contributed by atoms with E-state index in [1.165, 1.54) is 0 Å². The highest BCUT2D eigenvalue weighted by molar-refractivity contribution is 6.04. The van der Waals surface area contributed by atoms with E-state index in [0.29, 0.717) is 56.2 Å². The summed E-state index contributed by atoms with van der Waals surface area (Å²) >= 11 is 0. The number of hydrogen-bond donors (Lipinski definition) is 3. The van der Waals surface area contributed by atoms with Gasteiger partial charge in [0.1, 0.15) is 5.84 Å². The number of esters is 1. The number of alkyl carbamates (subject to hydrolysis) is 1. The van der Waals surface area contributed by atoms with Crippen LogP contribution in [-0.4, -0.2) is 61.1 Å². The van der Waals surface area contributed by atoms with Crippen LogP contribution in [0.4, 0.5) is 10.5 Å². The van der Waals surface area contributed by atoms with Gasteiger partial charge in [-0.2, -0.15) is 0 Å². The first-order chi connectivity index (χ1) is 19.8. The average Bonchev–Trinajstić information content (AvgIpc) is 3.34. The van der Waals surface area contributed by atoms with Crippen LogP contribution in [0.3, 0.4) is 0 Å². The van der Waals surface area contributed by atoms with Gasteiger partial charge in [-0.1, -0.05) is 32.1 Å². The smallest absolute Gasteiger partial charge is 0.412 e. The number of carbonyl (C=O) groups excluding carboxylic acids is 3. The van der Waals surface area contributed by atoms with Crippen LogP contribution in [0.1, 0.15) is 74.4 Å². The highest BCUT2D eigenvalue weighted by atomic mass is 16.5. The van der Waals surface area contributed by atoms with Crippen molar-refractivity contribution in [3.63, 3.8) is 0 Å². The van der Waals surface area contributed by atoms with Crippen molar-refractivity contribution >= 4 is 29.5 Å². The molecule has 2 aromatic rings. The quantitative estimate of drug-likeness (QED) is 0.114. The molecule has 3 rings (SSSR count). The lowest BCUT2D eigenvalue weighted by Gasteiger charge is -2.27. The average molecular weight is 561 g/mol. The molecular weight excluding hydrogens is 520 g/mol. The molecule has 3 N–H and O–H groups in total. The first-order valence-electron chi connectivity index (χ1n) is 14.2. The van der Waals surface area contributed by atoms with E-state index < -0.39 is 6.09 Å². The molecular formula is C32H40N4O5. The molecule has 0 spiro atoms. The van der Waals surface area contributed by atoms with E-state index in [0.717, 1.165) is 30.5 Å². The lowest BCUT2D eigenvalue weighted by Crippen LogP contribution is -2.37. The minimum Gasteiger partial charge on any atom is -0.466 e. The third-order valence-corrected chi connectivity index (χ3v) is 6.97. The van der Waals surface area contributed by atoms with Crippen molar-refractivity contribution in [1.29, 1.82) is 5.41 Å². The van der Waals surface area contributed by atoms with Crippen LogP contribution >= 0.6 is 0 Å². The molecule has 2 amide bonds. The van der Waals surface area contributed by atoms with E-state index in [1.807, 2.05) is 36.1 Å². The third kappa shape index (κ3) is 9.67. The minimum absolute atomic E-state index is 0.0220. The number of likely N-dealkylation sites (tertiary alicyclic amines) is 1. The molecule has 1 aliphatic rings. The summed E-state index contributed by atoms with van der Waals surface area (Å²) in [7, 11) is 0. The van der Waals surface area contributed by atoms with Gasteiger partial charge in [0.2, 0.25) is 0 Å². The number of rotatable bonds is 11. The van der Waals surface area contributed by atoms with Crippen LogP contribution in [-0.2, 0) is 14.3 Å². The Labute approximate surface area is 242 Å². The molecule has 0 aliphatic carbocycles. The van der Waals surface area contributed by atoms with Crippen molar-refractivity contribution < 1.29 is 23.9 Å². The predicted molar refractivity (Wildman–Crippen MR) is 159 cm³/mol. The molecule has 1 fully saturated rings. The standard InChI is InChI=1S/C32H40N4O5/c1-4-6-22-41-32(39)35-30(33)25-13-15-27(16-14-25)34-20-7-8-24-9-11-26(12-10-24)31(38)36-21-19-23(3)28(36)17-18-29(37)40-5-2/h9-16,23,28,34H,4-6,17-22H2,1-3H3,(H2,33,35,39). The summed E-state index contributed by atoms with van der Waals surface area (Å²) in [5, 5.41) is 13.7. The minimum atomic E-state index is -0.626. The molecule has 41 heavy (non-hydrogen) atoms. The fourth-order valence-corrected chi connectivity index (χ4v) is 4.63. The second-order valence-corrected chi connectivity index (χ2v) is 9.98. The Morgan fingerprint density at radius 2 is 1.73 bits per heavy atom. The largest absolute Gasteiger partial charge is 0.466 e. The summed E-state index contributed by atoms with van der Waals surface area (Å²) in [4.78, 5) is 38.6. The van der Waals surface area contributed by atoms with Crippen LogP contribution in [0.15, 0.2) is 48.5 Å². The predicted octanol–water partition coefficient (Wildman–Crippen LogP) is 5.20. The summed E-state index contributed by atoms with van der Waals surface area (Å²) in [6.45, 7) is 7.72. The van der Waals surface area contributed by atoms with Gasteiger partial charge < -0.3 is 19.7 Å². The van der Waals surface area contributed by atoms with E-state index in [9.17, 15) is 14.4 Å². The van der Waals surface area contributed by atoms with Crippen LogP contribution in [0.25, 0.3) is 0 Å². The summed E-state index contributed by atoms with van der Waals surface area (Å²) in [5.74, 6) is 6.25. The van der Waals surface area contributed by atoms with Crippen molar-refractivity contribution in [1.82, 2.24) is 10.2 Å². The summed E-state index contributed by atoms with van der Waals surface area (Å²) in [5.41, 5.74) is 2.81. The van der Waals surface area contributed by atoms with Crippen molar-refractivity contribution in [3.8, 4) is 11.8 Å². The molecule has 1 heterocycles. The molecule has 0 radical (unpaired) electrons. The second-order valence-electron chi connectivity index (χ2n) is 9.98. The highest BCUT2D eigenvalue weighted by Gasteiger charge is 2.35. The maximum absolute atomic E-state index is 13.2. The third-order valence-electron chi connectivity index (χ3n) is 6.97. The van der Waals surface area contributed by atoms with E-state index in [-0.39, 0.29) is 23.8 Å². The van der Waals surface area contributed by atoms with Gasteiger partial charge in [0, 0.05) is 41.4 Å². The van der Waals surface area contributed by atoms with Gasteiger partial charge in [-0.3, -0.25) is 20.3 Å². The fourth-order valence-electron chi connectivity index (χ4n) is 4.63. The number of amides is 2. The van der Waals surface area contributed by atoms with Gasteiger partial charge in [-0.25, -0.2) is 4.79 Å². The van der Waals surface area contributed by atoms with Gasteiger partial charge in [-0.05, 0) is 80.6 Å². The molecule has 9 nitrogen and oxygen atoms in total. The van der Waals surface area contributed by atoms with Gasteiger partial charge in [0.05, 0.1) is 19.8 Å². The Morgan fingerprint density at radius 1 is 1.02 bits per heavy atom. The monoisotopic (exact) mass is 560 g/mol. The van der Waals surface area contributed by atoms with Gasteiger partial charge in [-0.15, -0.1) is 0 Å². The van der Waals surface area contributed by atoms with Crippen molar-refractivity contribution in [2.24, 2.45) is 5.92 Å². The number of amidine groups is 1. The topological polar surface area (TPSA) is 121 Å². The lowest BCUT2D eigenvalue weighted by molar-refractivity contribution is -0.143. The van der Waals surface area contributed by atoms with Gasteiger partial charge >= 0.3 is 12.1 Å². The van der Waals surface area contributed by atoms with Crippen molar-refractivity contribution in [3.05, 3.63) is 65.2 Å². The first kappa shape index (κ1) is 31.2. The maximum atomic E-state index is 13.2. The number of nitrogens with one attached hydrogen (secondary N) is 3. The normalized spacial score (nSPS) is 15.8. The van der Waals surface area contributed by atoms with Crippen LogP contribution < -0.4 is 10.6 Å². The number of hydrogen-bond acceptors (Lipinski definition) is 7. The molecule has 0 aromatic heterocycles. The van der Waals surface area contributed by atoms with Crippen molar-refractivity contribution in [2.45, 2.75) is 58.9 Å². The molecule has 1 aliphatic heterocycles. The Hall–Kier alpha value is -4.32. The first-order valence-corrected chi connectivity index (χ1v) is 14.2. The van der Waals surface area contributed by atoms with E-state index in [1.54, 1.807) is 31.2 Å². The molecule has 2 atom stereocenters. The van der Waals surface area contributed by atoms with E-state index in [2.05, 4.69) is 29.4 Å². The van der Waals surface area contributed by atoms with Crippen molar-refractivity contribution in [2.75, 3.05) is 31.6 Å².